The number of aromatic nitrogens is 2. The number of benzene rings is 2. The minimum absolute atomic E-state index is 0.111. The zero-order chi connectivity index (χ0) is 24.6. The van der Waals surface area contributed by atoms with Crippen LogP contribution in [0.15, 0.2) is 48.7 Å². The second-order valence-electron chi connectivity index (χ2n) is 8.15. The summed E-state index contributed by atoms with van der Waals surface area (Å²) in [7, 11) is 0. The molecular formula is C24H22F4N4O2. The number of Topliss-reactive ketones (excluding diaryl/α,β-unsaturated/α-hetero) is 1. The van der Waals surface area contributed by atoms with Crippen LogP contribution in [0.2, 0.25) is 0 Å². The van der Waals surface area contributed by atoms with Gasteiger partial charge in [0.1, 0.15) is 5.82 Å². The Bertz CT molecular complexity index is 1230. The van der Waals surface area contributed by atoms with Gasteiger partial charge in [-0.25, -0.2) is 9.07 Å². The number of carbonyl (C=O) groups is 2. The summed E-state index contributed by atoms with van der Waals surface area (Å²) in [5.41, 5.74) is -0.0500. The van der Waals surface area contributed by atoms with Gasteiger partial charge in [0, 0.05) is 31.7 Å². The van der Waals surface area contributed by atoms with Gasteiger partial charge in [-0.3, -0.25) is 9.59 Å². The first-order valence-corrected chi connectivity index (χ1v) is 10.6. The molecule has 0 unspecified atom stereocenters. The highest BCUT2D eigenvalue weighted by Crippen LogP contribution is 2.34. The molecule has 1 aromatic heterocycles. The predicted octanol–water partition coefficient (Wildman–Crippen LogP) is 4.50. The largest absolute Gasteiger partial charge is 0.434 e. The lowest BCUT2D eigenvalue weighted by molar-refractivity contribution is -0.143. The van der Waals surface area contributed by atoms with Gasteiger partial charge in [-0.15, -0.1) is 0 Å². The Morgan fingerprint density at radius 2 is 1.62 bits per heavy atom. The molecule has 0 spiro atoms. The maximum Gasteiger partial charge on any atom is 0.434 e. The molecule has 0 saturated carbocycles. The van der Waals surface area contributed by atoms with E-state index in [0.29, 0.717) is 0 Å². The van der Waals surface area contributed by atoms with Gasteiger partial charge in [-0.05, 0) is 44.2 Å². The first kappa shape index (κ1) is 23.5. The van der Waals surface area contributed by atoms with Crippen LogP contribution in [-0.2, 0) is 6.18 Å². The molecule has 0 atom stereocenters. The highest BCUT2D eigenvalue weighted by Gasteiger charge is 2.41. The lowest BCUT2D eigenvalue weighted by atomic mass is 10.1. The van der Waals surface area contributed by atoms with Gasteiger partial charge in [0.25, 0.3) is 5.91 Å². The molecule has 2 heterocycles. The van der Waals surface area contributed by atoms with Crippen molar-refractivity contribution in [3.8, 4) is 5.69 Å². The number of halogens is 4. The Morgan fingerprint density at radius 3 is 2.18 bits per heavy atom. The van der Waals surface area contributed by atoms with Gasteiger partial charge in [0.2, 0.25) is 0 Å². The molecule has 6 nitrogen and oxygen atoms in total. The summed E-state index contributed by atoms with van der Waals surface area (Å²) in [6, 6.07) is 10.5. The van der Waals surface area contributed by atoms with Crippen molar-refractivity contribution >= 4 is 17.4 Å². The number of ketones is 1. The van der Waals surface area contributed by atoms with E-state index in [1.807, 2.05) is 6.92 Å². The summed E-state index contributed by atoms with van der Waals surface area (Å²) < 4.78 is 57.0. The fourth-order valence-corrected chi connectivity index (χ4v) is 3.96. The van der Waals surface area contributed by atoms with Crippen LogP contribution >= 0.6 is 0 Å². The van der Waals surface area contributed by atoms with Crippen LogP contribution in [0.5, 0.6) is 0 Å². The van der Waals surface area contributed by atoms with Gasteiger partial charge < -0.3 is 9.80 Å². The molecular weight excluding hydrogens is 452 g/mol. The second-order valence-corrected chi connectivity index (χ2v) is 8.15. The van der Waals surface area contributed by atoms with Crippen molar-refractivity contribution in [2.45, 2.75) is 20.0 Å². The number of rotatable bonds is 4. The third kappa shape index (κ3) is 4.52. The Hall–Kier alpha value is -3.69. The summed E-state index contributed by atoms with van der Waals surface area (Å²) in [6.45, 7) is 3.84. The smallest absolute Gasteiger partial charge is 0.366 e. The van der Waals surface area contributed by atoms with E-state index in [1.165, 1.54) is 36.1 Å². The zero-order valence-corrected chi connectivity index (χ0v) is 18.6. The topological polar surface area (TPSA) is 58.4 Å². The molecule has 0 bridgehead atoms. The maximum absolute atomic E-state index is 14.5. The number of nitrogens with zero attached hydrogens (tertiary/aromatic N) is 4. The fourth-order valence-electron chi connectivity index (χ4n) is 3.96. The predicted molar refractivity (Wildman–Crippen MR) is 118 cm³/mol. The van der Waals surface area contributed by atoms with Gasteiger partial charge in [0.15, 0.2) is 11.5 Å². The van der Waals surface area contributed by atoms with Crippen molar-refractivity contribution in [1.82, 2.24) is 14.7 Å². The third-order valence-electron chi connectivity index (χ3n) is 5.81. The van der Waals surface area contributed by atoms with Crippen molar-refractivity contribution in [1.29, 1.82) is 0 Å². The normalized spacial score (nSPS) is 14.4. The number of carbonyl (C=O) groups excluding carboxylic acids is 2. The average molecular weight is 474 g/mol. The van der Waals surface area contributed by atoms with Crippen molar-refractivity contribution in [2.24, 2.45) is 0 Å². The maximum atomic E-state index is 14.5. The molecule has 10 heteroatoms. The van der Waals surface area contributed by atoms with Gasteiger partial charge >= 0.3 is 6.18 Å². The summed E-state index contributed by atoms with van der Waals surface area (Å²) in [5.74, 6) is -1.60. The van der Waals surface area contributed by atoms with E-state index in [9.17, 15) is 27.2 Å². The van der Waals surface area contributed by atoms with Crippen LogP contribution in [0.4, 0.5) is 23.2 Å². The summed E-state index contributed by atoms with van der Waals surface area (Å²) in [5, 5.41) is 3.86. The van der Waals surface area contributed by atoms with E-state index in [2.05, 4.69) is 5.10 Å². The molecule has 4 rings (SSSR count). The Labute approximate surface area is 193 Å². The van der Waals surface area contributed by atoms with E-state index in [1.54, 1.807) is 17.0 Å². The highest BCUT2D eigenvalue weighted by molar-refractivity contribution is 5.96. The Balaban J connectivity index is 1.55. The molecule has 0 N–H and O–H groups in total. The van der Waals surface area contributed by atoms with E-state index in [0.717, 1.165) is 22.5 Å². The molecule has 1 aliphatic rings. The Kier molecular flexibility index (Phi) is 6.16. The lowest BCUT2D eigenvalue weighted by Crippen LogP contribution is -2.49. The molecule has 1 aliphatic heterocycles. The molecule has 2 aromatic carbocycles. The van der Waals surface area contributed by atoms with Crippen molar-refractivity contribution in [3.63, 3.8) is 0 Å². The molecule has 1 saturated heterocycles. The molecule has 0 radical (unpaired) electrons. The number of anilines is 1. The summed E-state index contributed by atoms with van der Waals surface area (Å²) in [4.78, 5) is 27.5. The molecule has 34 heavy (non-hydrogen) atoms. The van der Waals surface area contributed by atoms with Crippen molar-refractivity contribution in [3.05, 3.63) is 76.9 Å². The summed E-state index contributed by atoms with van der Waals surface area (Å²) >= 11 is 0. The number of amides is 1. The van der Waals surface area contributed by atoms with Crippen LogP contribution in [0, 0.1) is 12.7 Å². The number of aryl methyl sites for hydroxylation is 1. The lowest BCUT2D eigenvalue weighted by Gasteiger charge is -2.36. The highest BCUT2D eigenvalue weighted by atomic mass is 19.4. The van der Waals surface area contributed by atoms with Crippen LogP contribution in [0.25, 0.3) is 5.69 Å². The van der Waals surface area contributed by atoms with E-state index in [-0.39, 0.29) is 48.9 Å². The summed E-state index contributed by atoms with van der Waals surface area (Å²) in [6.07, 6.45) is -3.85. The standard InChI is InChI=1S/C24H22F4N4O2/c1-15-3-6-18(7-4-15)32-22(24(26,27)28)19(14-29-32)23(34)31-11-9-30(10-12-31)21-8-5-17(16(2)33)13-20(21)25/h3-8,13-14H,9-12H2,1-2H3. The zero-order valence-electron chi connectivity index (χ0n) is 18.6. The van der Waals surface area contributed by atoms with Crippen LogP contribution in [0.3, 0.4) is 0 Å². The third-order valence-corrected chi connectivity index (χ3v) is 5.81. The van der Waals surface area contributed by atoms with E-state index < -0.39 is 29.2 Å². The monoisotopic (exact) mass is 474 g/mol. The average Bonchev–Trinajstić information content (AvgIpc) is 3.25. The van der Waals surface area contributed by atoms with Gasteiger partial charge in [-0.2, -0.15) is 18.3 Å². The van der Waals surface area contributed by atoms with E-state index in [4.69, 9.17) is 0 Å². The number of hydrogen-bond donors (Lipinski definition) is 0. The number of piperazine rings is 1. The van der Waals surface area contributed by atoms with Crippen molar-refractivity contribution < 1.29 is 27.2 Å². The molecule has 1 fully saturated rings. The van der Waals surface area contributed by atoms with Crippen LogP contribution in [0.1, 0.15) is 38.9 Å². The first-order chi connectivity index (χ1) is 16.1. The Morgan fingerprint density at radius 1 is 0.971 bits per heavy atom. The quantitative estimate of drug-likeness (QED) is 0.413. The van der Waals surface area contributed by atoms with E-state index >= 15 is 0 Å². The molecule has 1 amide bonds. The molecule has 3 aromatic rings. The van der Waals surface area contributed by atoms with Gasteiger partial charge in [-0.1, -0.05) is 17.7 Å². The molecule has 178 valence electrons. The SMILES string of the molecule is CC(=O)c1ccc(N2CCN(C(=O)c3cnn(-c4ccc(C)cc4)c3C(F)(F)F)CC2)c(F)c1. The first-order valence-electron chi connectivity index (χ1n) is 10.6. The van der Waals surface area contributed by atoms with Crippen LogP contribution < -0.4 is 4.90 Å². The minimum Gasteiger partial charge on any atom is -0.366 e. The number of alkyl halides is 3. The van der Waals surface area contributed by atoms with Crippen molar-refractivity contribution in [2.75, 3.05) is 31.1 Å². The van der Waals surface area contributed by atoms with Crippen LogP contribution in [-0.4, -0.2) is 52.5 Å². The molecule has 0 aliphatic carbocycles. The number of hydrogen-bond acceptors (Lipinski definition) is 4. The second kappa shape index (κ2) is 8.92. The fraction of sp³-hybridized carbons (Fsp3) is 0.292. The minimum atomic E-state index is -4.80. The van der Waals surface area contributed by atoms with Gasteiger partial charge in [0.05, 0.1) is 23.1 Å².